The first kappa shape index (κ1) is 20.8. The lowest BCUT2D eigenvalue weighted by atomic mass is 9.97. The van der Waals surface area contributed by atoms with Gasteiger partial charge in [-0.3, -0.25) is 9.59 Å². The smallest absolute Gasteiger partial charge is 0.257 e. The third-order valence-electron chi connectivity index (χ3n) is 5.49. The Labute approximate surface area is 172 Å². The highest BCUT2D eigenvalue weighted by Gasteiger charge is 2.21. The number of hydrogen-bond acceptors (Lipinski definition) is 3. The van der Waals surface area contributed by atoms with Crippen LogP contribution in [0.1, 0.15) is 55.1 Å². The first-order valence-corrected chi connectivity index (χ1v) is 10.5. The van der Waals surface area contributed by atoms with Gasteiger partial charge in [-0.25, -0.2) is 0 Å². The number of fused-ring (bicyclic) bond motifs is 1. The minimum Gasteiger partial charge on any atom is -0.455 e. The normalized spacial score (nSPS) is 11.0. The monoisotopic (exact) mass is 391 g/mol. The minimum absolute atomic E-state index is 0.0826. The van der Waals surface area contributed by atoms with E-state index in [1.165, 1.54) is 0 Å². The molecule has 3 aromatic rings. The zero-order valence-electron chi connectivity index (χ0n) is 17.7. The molecule has 1 heterocycles. The summed E-state index contributed by atoms with van der Waals surface area (Å²) in [5.74, 6) is 0.451. The van der Waals surface area contributed by atoms with Crippen molar-refractivity contribution in [2.45, 2.75) is 47.0 Å². The summed E-state index contributed by atoms with van der Waals surface area (Å²) in [5.41, 5.74) is 3.40. The molecule has 0 saturated heterocycles. The predicted octanol–water partition coefficient (Wildman–Crippen LogP) is 5.59. The van der Waals surface area contributed by atoms with Gasteiger partial charge in [-0.2, -0.15) is 0 Å². The van der Waals surface area contributed by atoms with Gasteiger partial charge in [-0.15, -0.1) is 0 Å². The number of carbonyl (C=O) groups excluding carboxylic acids is 1. The van der Waals surface area contributed by atoms with E-state index in [2.05, 4.69) is 13.0 Å². The van der Waals surface area contributed by atoms with Crippen LogP contribution >= 0.6 is 0 Å². The summed E-state index contributed by atoms with van der Waals surface area (Å²) >= 11 is 0. The molecule has 0 aliphatic carbocycles. The quantitative estimate of drug-likeness (QED) is 0.527. The summed E-state index contributed by atoms with van der Waals surface area (Å²) in [4.78, 5) is 27.9. The third kappa shape index (κ3) is 3.98. The lowest BCUT2D eigenvalue weighted by Crippen LogP contribution is -2.30. The molecule has 0 aliphatic rings. The zero-order chi connectivity index (χ0) is 21.0. The van der Waals surface area contributed by atoms with Crippen molar-refractivity contribution in [3.8, 4) is 11.3 Å². The van der Waals surface area contributed by atoms with Gasteiger partial charge >= 0.3 is 0 Å². The van der Waals surface area contributed by atoms with Crippen molar-refractivity contribution in [1.82, 2.24) is 4.90 Å². The Hall–Kier alpha value is -2.88. The molecule has 0 fully saturated rings. The van der Waals surface area contributed by atoms with Crippen LogP contribution in [-0.2, 0) is 6.42 Å². The second-order valence-electron chi connectivity index (χ2n) is 7.31. The molecule has 0 N–H and O–H groups in total. The topological polar surface area (TPSA) is 50.5 Å². The minimum atomic E-state index is -0.113. The number of unbranched alkanes of at least 4 members (excludes halogenated alkanes) is 1. The summed E-state index contributed by atoms with van der Waals surface area (Å²) in [5, 5.41) is 0.454. The van der Waals surface area contributed by atoms with Crippen LogP contribution < -0.4 is 5.43 Å². The van der Waals surface area contributed by atoms with E-state index in [4.69, 9.17) is 4.42 Å². The lowest BCUT2D eigenvalue weighted by Gasteiger charge is -2.19. The van der Waals surface area contributed by atoms with E-state index in [0.717, 1.165) is 30.4 Å². The van der Waals surface area contributed by atoms with Crippen LogP contribution in [0.2, 0.25) is 0 Å². The maximum absolute atomic E-state index is 13.1. The molecule has 29 heavy (non-hydrogen) atoms. The van der Waals surface area contributed by atoms with Gasteiger partial charge in [0.15, 0.2) is 11.0 Å². The molecule has 0 radical (unpaired) electrons. The van der Waals surface area contributed by atoms with Crippen molar-refractivity contribution in [3.05, 3.63) is 69.4 Å². The highest BCUT2D eigenvalue weighted by Crippen LogP contribution is 2.31. The van der Waals surface area contributed by atoms with Crippen LogP contribution in [0.3, 0.4) is 0 Å². The van der Waals surface area contributed by atoms with E-state index in [9.17, 15) is 9.59 Å². The van der Waals surface area contributed by atoms with Crippen LogP contribution in [0.25, 0.3) is 22.3 Å². The van der Waals surface area contributed by atoms with Crippen LogP contribution in [0.4, 0.5) is 0 Å². The highest BCUT2D eigenvalue weighted by atomic mass is 16.3. The Kier molecular flexibility index (Phi) is 6.53. The van der Waals surface area contributed by atoms with Crippen LogP contribution in [0.5, 0.6) is 0 Å². The molecule has 1 aromatic heterocycles. The number of nitrogens with zero attached hydrogens (tertiary/aromatic N) is 1. The molecule has 0 aliphatic heterocycles. The van der Waals surface area contributed by atoms with E-state index in [-0.39, 0.29) is 11.3 Å². The van der Waals surface area contributed by atoms with Crippen LogP contribution in [-0.4, -0.2) is 23.9 Å². The number of para-hydroxylation sites is 1. The first-order valence-electron chi connectivity index (χ1n) is 10.5. The van der Waals surface area contributed by atoms with Gasteiger partial charge in [0.1, 0.15) is 5.76 Å². The maximum atomic E-state index is 13.1. The molecule has 1 amide bonds. The van der Waals surface area contributed by atoms with E-state index in [1.807, 2.05) is 32.0 Å². The molecular weight excluding hydrogens is 362 g/mol. The second-order valence-corrected chi connectivity index (χ2v) is 7.31. The average molecular weight is 392 g/mol. The van der Waals surface area contributed by atoms with Crippen molar-refractivity contribution < 1.29 is 9.21 Å². The summed E-state index contributed by atoms with van der Waals surface area (Å²) in [6.07, 6.45) is 3.09. The van der Waals surface area contributed by atoms with E-state index in [0.29, 0.717) is 40.9 Å². The molecule has 0 saturated carbocycles. The van der Waals surface area contributed by atoms with Gasteiger partial charge in [-0.05, 0) is 51.3 Å². The molecule has 0 atom stereocenters. The van der Waals surface area contributed by atoms with Crippen molar-refractivity contribution in [2.75, 3.05) is 13.1 Å². The van der Waals surface area contributed by atoms with Gasteiger partial charge < -0.3 is 9.32 Å². The molecule has 152 valence electrons. The molecule has 0 spiro atoms. The standard InChI is InChI=1S/C25H29NO3/c1-5-8-12-18-13-9-10-14-19(18)23-17(4)22(27)20-15-11-16-21(24(20)29-23)25(28)26(6-2)7-3/h9-11,13-16H,5-8,12H2,1-4H3. The number of aryl methyl sites for hydroxylation is 1. The predicted molar refractivity (Wildman–Crippen MR) is 119 cm³/mol. The molecule has 0 unspecified atom stereocenters. The van der Waals surface area contributed by atoms with Gasteiger partial charge in [0.2, 0.25) is 0 Å². The summed E-state index contributed by atoms with van der Waals surface area (Å²) in [7, 11) is 0. The fourth-order valence-electron chi connectivity index (χ4n) is 3.74. The number of rotatable bonds is 7. The van der Waals surface area contributed by atoms with Crippen molar-refractivity contribution >= 4 is 16.9 Å². The molecule has 3 rings (SSSR count). The largest absolute Gasteiger partial charge is 0.455 e. The zero-order valence-corrected chi connectivity index (χ0v) is 17.7. The molecule has 2 aromatic carbocycles. The Balaban J connectivity index is 2.26. The second kappa shape index (κ2) is 9.08. The van der Waals surface area contributed by atoms with Crippen molar-refractivity contribution in [2.24, 2.45) is 0 Å². The van der Waals surface area contributed by atoms with Crippen molar-refractivity contribution in [3.63, 3.8) is 0 Å². The molecule has 0 bridgehead atoms. The summed E-state index contributed by atoms with van der Waals surface area (Å²) < 4.78 is 6.32. The fourth-order valence-corrected chi connectivity index (χ4v) is 3.74. The van der Waals surface area contributed by atoms with Gasteiger partial charge in [0.25, 0.3) is 5.91 Å². The SMILES string of the molecule is CCCCc1ccccc1-c1oc2c(C(=O)N(CC)CC)cccc2c(=O)c1C. The molecule has 4 nitrogen and oxygen atoms in total. The van der Waals surface area contributed by atoms with Gasteiger partial charge in [0.05, 0.1) is 10.9 Å². The van der Waals surface area contributed by atoms with Gasteiger partial charge in [-0.1, -0.05) is 43.7 Å². The number of benzene rings is 2. The Morgan fingerprint density at radius 2 is 1.72 bits per heavy atom. The Morgan fingerprint density at radius 1 is 1.00 bits per heavy atom. The summed E-state index contributed by atoms with van der Waals surface area (Å²) in [6, 6.07) is 13.3. The fraction of sp³-hybridized carbons (Fsp3) is 0.360. The van der Waals surface area contributed by atoms with E-state index < -0.39 is 0 Å². The average Bonchev–Trinajstić information content (AvgIpc) is 2.75. The number of carbonyl (C=O) groups is 1. The third-order valence-corrected chi connectivity index (χ3v) is 5.49. The van der Waals surface area contributed by atoms with Crippen LogP contribution in [0.15, 0.2) is 51.7 Å². The highest BCUT2D eigenvalue weighted by molar-refractivity contribution is 6.05. The summed E-state index contributed by atoms with van der Waals surface area (Å²) in [6.45, 7) is 9.07. The van der Waals surface area contributed by atoms with Crippen LogP contribution in [0, 0.1) is 6.92 Å². The lowest BCUT2D eigenvalue weighted by molar-refractivity contribution is 0.0774. The first-order chi connectivity index (χ1) is 14.0. The van der Waals surface area contributed by atoms with E-state index >= 15 is 0 Å². The molecule has 4 heteroatoms. The Morgan fingerprint density at radius 3 is 2.41 bits per heavy atom. The Bertz CT molecular complexity index is 1080. The van der Waals surface area contributed by atoms with Gasteiger partial charge in [0, 0.05) is 24.2 Å². The number of hydrogen-bond donors (Lipinski definition) is 0. The molecular formula is C25H29NO3. The van der Waals surface area contributed by atoms with Crippen molar-refractivity contribution in [1.29, 1.82) is 0 Å². The number of amides is 1. The van der Waals surface area contributed by atoms with E-state index in [1.54, 1.807) is 30.0 Å². The maximum Gasteiger partial charge on any atom is 0.257 e.